The molecule has 0 aromatic carbocycles. The second-order valence-corrected chi connectivity index (χ2v) is 4.66. The molecule has 4 heteroatoms. The van der Waals surface area contributed by atoms with E-state index < -0.39 is 0 Å². The third kappa shape index (κ3) is 3.03. The SMILES string of the molecule is CC(Br)C(=O)SCc1ccco1. The first-order valence-electron chi connectivity index (χ1n) is 3.53. The molecule has 1 heterocycles. The number of carbonyl (C=O) groups excluding carboxylic acids is 1. The molecule has 66 valence electrons. The van der Waals surface area contributed by atoms with Gasteiger partial charge in [0.25, 0.3) is 0 Å². The first-order chi connectivity index (χ1) is 5.70. The van der Waals surface area contributed by atoms with Crippen molar-refractivity contribution in [3.8, 4) is 0 Å². The smallest absolute Gasteiger partial charge is 0.202 e. The lowest BCUT2D eigenvalue weighted by Crippen LogP contribution is -2.04. The predicted octanol–water partition coefficient (Wildman–Crippen LogP) is 2.82. The number of furan rings is 1. The van der Waals surface area contributed by atoms with Gasteiger partial charge in [-0.2, -0.15) is 0 Å². The molecule has 1 unspecified atom stereocenters. The van der Waals surface area contributed by atoms with Gasteiger partial charge in [0.15, 0.2) is 0 Å². The number of rotatable bonds is 3. The number of thioether (sulfide) groups is 1. The highest BCUT2D eigenvalue weighted by Crippen LogP contribution is 2.17. The number of hydrogen-bond donors (Lipinski definition) is 0. The van der Waals surface area contributed by atoms with Crippen molar-refractivity contribution in [2.45, 2.75) is 17.5 Å². The van der Waals surface area contributed by atoms with E-state index in [-0.39, 0.29) is 9.94 Å². The fourth-order valence-electron chi connectivity index (χ4n) is 0.652. The number of alkyl halides is 1. The zero-order valence-electron chi connectivity index (χ0n) is 6.62. The quantitative estimate of drug-likeness (QED) is 0.771. The fourth-order valence-corrected chi connectivity index (χ4v) is 1.73. The lowest BCUT2D eigenvalue weighted by molar-refractivity contribution is -0.110. The maximum Gasteiger partial charge on any atom is 0.202 e. The second kappa shape index (κ2) is 4.72. The number of halogens is 1. The van der Waals surface area contributed by atoms with Gasteiger partial charge in [0.05, 0.1) is 16.8 Å². The molecular weight excluding hydrogens is 240 g/mol. The third-order valence-corrected chi connectivity index (χ3v) is 3.05. The van der Waals surface area contributed by atoms with Crippen molar-refractivity contribution in [3.63, 3.8) is 0 Å². The molecule has 0 N–H and O–H groups in total. The standard InChI is InChI=1S/C8H9BrO2S/c1-6(9)8(10)12-5-7-3-2-4-11-7/h2-4,6H,5H2,1H3. The zero-order chi connectivity index (χ0) is 8.97. The Labute approximate surface area is 83.8 Å². The monoisotopic (exact) mass is 248 g/mol. The van der Waals surface area contributed by atoms with Crippen LogP contribution in [0.1, 0.15) is 12.7 Å². The minimum Gasteiger partial charge on any atom is -0.468 e. The average Bonchev–Trinajstić information content (AvgIpc) is 2.51. The molecule has 0 bridgehead atoms. The molecule has 0 saturated carbocycles. The van der Waals surface area contributed by atoms with E-state index in [0.717, 1.165) is 5.76 Å². The largest absolute Gasteiger partial charge is 0.468 e. The zero-order valence-corrected chi connectivity index (χ0v) is 9.02. The summed E-state index contributed by atoms with van der Waals surface area (Å²) in [7, 11) is 0. The Morgan fingerprint density at radius 3 is 3.08 bits per heavy atom. The molecule has 0 spiro atoms. The fraction of sp³-hybridized carbons (Fsp3) is 0.375. The minimum atomic E-state index is -0.0857. The van der Waals surface area contributed by atoms with Crippen LogP contribution in [0.4, 0.5) is 0 Å². The molecule has 1 rings (SSSR count). The summed E-state index contributed by atoms with van der Waals surface area (Å²) < 4.78 is 5.08. The van der Waals surface area contributed by atoms with Crippen LogP contribution in [0, 0.1) is 0 Å². The molecule has 0 amide bonds. The Balaban J connectivity index is 2.32. The van der Waals surface area contributed by atoms with Crippen molar-refractivity contribution in [1.29, 1.82) is 0 Å². The van der Waals surface area contributed by atoms with Crippen molar-refractivity contribution in [2.24, 2.45) is 0 Å². The van der Waals surface area contributed by atoms with Crippen molar-refractivity contribution in [3.05, 3.63) is 24.2 Å². The molecule has 1 atom stereocenters. The van der Waals surface area contributed by atoms with Crippen LogP contribution in [-0.2, 0) is 10.5 Å². The van der Waals surface area contributed by atoms with E-state index in [1.807, 2.05) is 19.1 Å². The Kier molecular flexibility index (Phi) is 3.88. The van der Waals surface area contributed by atoms with Gasteiger partial charge in [0.1, 0.15) is 5.76 Å². The maximum atomic E-state index is 11.1. The average molecular weight is 249 g/mol. The van der Waals surface area contributed by atoms with E-state index in [0.29, 0.717) is 5.75 Å². The highest BCUT2D eigenvalue weighted by molar-refractivity contribution is 9.10. The van der Waals surface area contributed by atoms with Crippen LogP contribution in [0.3, 0.4) is 0 Å². The van der Waals surface area contributed by atoms with Crippen LogP contribution in [0.15, 0.2) is 22.8 Å². The van der Waals surface area contributed by atoms with Crippen LogP contribution in [-0.4, -0.2) is 9.94 Å². The molecule has 0 radical (unpaired) electrons. The van der Waals surface area contributed by atoms with E-state index in [2.05, 4.69) is 15.9 Å². The molecule has 12 heavy (non-hydrogen) atoms. The summed E-state index contributed by atoms with van der Waals surface area (Å²) >= 11 is 4.47. The highest BCUT2D eigenvalue weighted by Gasteiger charge is 2.09. The predicted molar refractivity (Wildman–Crippen MR) is 53.4 cm³/mol. The number of hydrogen-bond acceptors (Lipinski definition) is 3. The maximum absolute atomic E-state index is 11.1. The summed E-state index contributed by atoms with van der Waals surface area (Å²) in [6.07, 6.45) is 1.61. The Morgan fingerprint density at radius 1 is 1.83 bits per heavy atom. The van der Waals surface area contributed by atoms with Crippen molar-refractivity contribution in [1.82, 2.24) is 0 Å². The van der Waals surface area contributed by atoms with Gasteiger partial charge >= 0.3 is 0 Å². The van der Waals surface area contributed by atoms with Gasteiger partial charge in [-0.05, 0) is 19.1 Å². The van der Waals surface area contributed by atoms with Crippen LogP contribution < -0.4 is 0 Å². The summed E-state index contributed by atoms with van der Waals surface area (Å²) in [4.78, 5) is 11.0. The Morgan fingerprint density at radius 2 is 2.58 bits per heavy atom. The van der Waals surface area contributed by atoms with Crippen LogP contribution in [0.5, 0.6) is 0 Å². The van der Waals surface area contributed by atoms with Gasteiger partial charge in [-0.3, -0.25) is 4.79 Å². The van der Waals surface area contributed by atoms with Crippen molar-refractivity contribution in [2.75, 3.05) is 0 Å². The lowest BCUT2D eigenvalue weighted by atomic mass is 10.5. The van der Waals surface area contributed by atoms with Gasteiger partial charge in [0.2, 0.25) is 5.12 Å². The van der Waals surface area contributed by atoms with Crippen molar-refractivity contribution < 1.29 is 9.21 Å². The molecule has 0 aliphatic heterocycles. The summed E-state index contributed by atoms with van der Waals surface area (Å²) in [5.41, 5.74) is 0. The van der Waals surface area contributed by atoms with Crippen LogP contribution in [0.2, 0.25) is 0 Å². The van der Waals surface area contributed by atoms with Crippen LogP contribution in [0.25, 0.3) is 0 Å². The second-order valence-electron chi connectivity index (χ2n) is 2.30. The minimum absolute atomic E-state index is 0.0857. The highest BCUT2D eigenvalue weighted by atomic mass is 79.9. The lowest BCUT2D eigenvalue weighted by Gasteiger charge is -1.99. The summed E-state index contributed by atoms with van der Waals surface area (Å²) in [5.74, 6) is 1.45. The summed E-state index contributed by atoms with van der Waals surface area (Å²) in [5, 5.41) is 0.131. The normalized spacial score (nSPS) is 12.8. The third-order valence-electron chi connectivity index (χ3n) is 1.26. The van der Waals surface area contributed by atoms with E-state index in [1.165, 1.54) is 11.8 Å². The Hall–Kier alpha value is -0.220. The van der Waals surface area contributed by atoms with Crippen molar-refractivity contribution >= 4 is 32.8 Å². The molecule has 0 fully saturated rings. The van der Waals surface area contributed by atoms with Gasteiger partial charge in [-0.15, -0.1) is 0 Å². The summed E-state index contributed by atoms with van der Waals surface area (Å²) in [6, 6.07) is 3.68. The first kappa shape index (κ1) is 9.86. The van der Waals surface area contributed by atoms with Crippen LogP contribution >= 0.6 is 27.7 Å². The van der Waals surface area contributed by atoms with Gasteiger partial charge in [-0.25, -0.2) is 0 Å². The molecule has 0 saturated heterocycles. The van der Waals surface area contributed by atoms with Gasteiger partial charge < -0.3 is 4.42 Å². The van der Waals surface area contributed by atoms with Gasteiger partial charge in [0, 0.05) is 0 Å². The van der Waals surface area contributed by atoms with E-state index >= 15 is 0 Å². The molecule has 1 aromatic rings. The van der Waals surface area contributed by atoms with E-state index in [1.54, 1.807) is 6.26 Å². The van der Waals surface area contributed by atoms with E-state index in [4.69, 9.17) is 4.42 Å². The summed E-state index contributed by atoms with van der Waals surface area (Å²) in [6.45, 7) is 1.82. The number of carbonyl (C=O) groups is 1. The Bertz CT molecular complexity index is 244. The molecule has 0 aliphatic carbocycles. The molecule has 2 nitrogen and oxygen atoms in total. The molecular formula is C8H9BrO2S. The topological polar surface area (TPSA) is 30.2 Å². The first-order valence-corrected chi connectivity index (χ1v) is 5.43. The molecule has 1 aromatic heterocycles. The molecule has 0 aliphatic rings. The van der Waals surface area contributed by atoms with Gasteiger partial charge in [-0.1, -0.05) is 27.7 Å². The van der Waals surface area contributed by atoms with E-state index in [9.17, 15) is 4.79 Å².